The first-order valence-electron chi connectivity index (χ1n) is 9.52. The molecule has 0 saturated carbocycles. The van der Waals surface area contributed by atoms with Gasteiger partial charge >= 0.3 is 0 Å². The predicted octanol–water partition coefficient (Wildman–Crippen LogP) is 3.86. The van der Waals surface area contributed by atoms with Gasteiger partial charge in [0.05, 0.1) is 0 Å². The van der Waals surface area contributed by atoms with Crippen molar-refractivity contribution in [1.82, 2.24) is 14.9 Å². The van der Waals surface area contributed by atoms with E-state index in [1.54, 1.807) is 0 Å². The van der Waals surface area contributed by atoms with Gasteiger partial charge in [-0.1, -0.05) is 18.2 Å². The van der Waals surface area contributed by atoms with Crippen LogP contribution < -0.4 is 9.80 Å². The molecule has 1 unspecified atom stereocenters. The average Bonchev–Trinajstić information content (AvgIpc) is 3.11. The first kappa shape index (κ1) is 18.2. The van der Waals surface area contributed by atoms with Crippen LogP contribution in [0, 0.1) is 0 Å². The number of hydrogen-bond acceptors (Lipinski definition) is 6. The van der Waals surface area contributed by atoms with Crippen LogP contribution in [0.15, 0.2) is 41.9 Å². The lowest BCUT2D eigenvalue weighted by atomic mass is 10.0. The van der Waals surface area contributed by atoms with Gasteiger partial charge in [-0.2, -0.15) is 4.98 Å². The largest absolute Gasteiger partial charge is 0.355 e. The minimum absolute atomic E-state index is 0.480. The molecule has 2 aromatic heterocycles. The van der Waals surface area contributed by atoms with Gasteiger partial charge in [-0.25, -0.2) is 4.98 Å². The Morgan fingerprint density at radius 1 is 1.19 bits per heavy atom. The molecular weight excluding hydrogens is 354 g/mol. The zero-order chi connectivity index (χ0) is 18.8. The van der Waals surface area contributed by atoms with E-state index in [-0.39, 0.29) is 0 Å². The number of rotatable bonds is 5. The molecule has 1 saturated heterocycles. The van der Waals surface area contributed by atoms with E-state index in [0.717, 1.165) is 24.9 Å². The van der Waals surface area contributed by atoms with Crippen LogP contribution in [0.3, 0.4) is 0 Å². The summed E-state index contributed by atoms with van der Waals surface area (Å²) in [4.78, 5) is 15.9. The zero-order valence-corrected chi connectivity index (χ0v) is 17.1. The molecule has 3 aromatic rings. The number of likely N-dealkylation sites (N-methyl/N-ethyl adjacent to an activating group) is 1. The van der Waals surface area contributed by atoms with Gasteiger partial charge in [0.1, 0.15) is 5.82 Å². The molecule has 1 aliphatic rings. The number of aromatic nitrogens is 2. The van der Waals surface area contributed by atoms with Gasteiger partial charge in [-0.3, -0.25) is 4.90 Å². The Morgan fingerprint density at radius 3 is 2.89 bits per heavy atom. The maximum Gasteiger partial charge on any atom is 0.226 e. The number of benzene rings is 1. The number of piperidine rings is 1. The molecule has 0 aliphatic carbocycles. The van der Waals surface area contributed by atoms with E-state index >= 15 is 0 Å². The number of anilines is 2. The van der Waals surface area contributed by atoms with Gasteiger partial charge in [-0.15, -0.1) is 11.3 Å². The Bertz CT molecular complexity index is 906. The second-order valence-electron chi connectivity index (χ2n) is 7.51. The lowest BCUT2D eigenvalue weighted by Crippen LogP contribution is -2.46. The van der Waals surface area contributed by atoms with Gasteiger partial charge in [0.25, 0.3) is 0 Å². The molecule has 5 nitrogen and oxygen atoms in total. The smallest absolute Gasteiger partial charge is 0.226 e. The second-order valence-corrected chi connectivity index (χ2v) is 8.42. The Morgan fingerprint density at radius 2 is 2.04 bits per heavy atom. The number of thiophene rings is 1. The third kappa shape index (κ3) is 3.92. The summed E-state index contributed by atoms with van der Waals surface area (Å²) in [6.07, 6.45) is 4.29. The quantitative estimate of drug-likeness (QED) is 0.671. The topological polar surface area (TPSA) is 35.5 Å². The lowest BCUT2D eigenvalue weighted by molar-refractivity contribution is 0.199. The highest BCUT2D eigenvalue weighted by molar-refractivity contribution is 7.17. The SMILES string of the molecule is CN(C)c1nccc(N(C)C2CCCN(Cc3csc4ccccc34)C2)n1. The summed E-state index contributed by atoms with van der Waals surface area (Å²) in [5, 5.41) is 3.73. The molecule has 0 amide bonds. The van der Waals surface area contributed by atoms with Crippen LogP contribution in [0.2, 0.25) is 0 Å². The van der Waals surface area contributed by atoms with Crippen LogP contribution in [0.1, 0.15) is 18.4 Å². The lowest BCUT2D eigenvalue weighted by Gasteiger charge is -2.38. The molecule has 3 heterocycles. The highest BCUT2D eigenvalue weighted by Gasteiger charge is 2.25. The molecule has 1 aliphatic heterocycles. The van der Waals surface area contributed by atoms with E-state index in [9.17, 15) is 0 Å². The molecule has 0 spiro atoms. The number of likely N-dealkylation sites (tertiary alicyclic amines) is 1. The second kappa shape index (κ2) is 7.82. The standard InChI is InChI=1S/C21H27N5S/c1-24(2)21-22-11-10-20(23-21)25(3)17-7-6-12-26(14-17)13-16-15-27-19-9-5-4-8-18(16)19/h4-5,8-11,15,17H,6-7,12-14H2,1-3H3. The molecule has 0 radical (unpaired) electrons. The third-order valence-electron chi connectivity index (χ3n) is 5.37. The van der Waals surface area contributed by atoms with Crippen LogP contribution in [0.5, 0.6) is 0 Å². The van der Waals surface area contributed by atoms with E-state index in [4.69, 9.17) is 4.98 Å². The molecule has 0 N–H and O–H groups in total. The molecule has 4 rings (SSSR count). The Labute approximate surface area is 165 Å². The fraction of sp³-hybridized carbons (Fsp3) is 0.429. The maximum atomic E-state index is 4.71. The van der Waals surface area contributed by atoms with Crippen molar-refractivity contribution in [3.63, 3.8) is 0 Å². The van der Waals surface area contributed by atoms with Crippen LogP contribution >= 0.6 is 11.3 Å². The fourth-order valence-corrected chi connectivity index (χ4v) is 4.78. The highest BCUT2D eigenvalue weighted by atomic mass is 32.1. The van der Waals surface area contributed by atoms with Crippen LogP contribution in [0.25, 0.3) is 10.1 Å². The van der Waals surface area contributed by atoms with Crippen LogP contribution in [-0.4, -0.2) is 55.1 Å². The van der Waals surface area contributed by atoms with E-state index < -0.39 is 0 Å². The van der Waals surface area contributed by atoms with Crippen molar-refractivity contribution in [2.45, 2.75) is 25.4 Å². The van der Waals surface area contributed by atoms with Crippen LogP contribution in [-0.2, 0) is 6.54 Å². The van der Waals surface area contributed by atoms with Crippen molar-refractivity contribution in [3.05, 3.63) is 47.5 Å². The molecule has 1 atom stereocenters. The van der Waals surface area contributed by atoms with Crippen LogP contribution in [0.4, 0.5) is 11.8 Å². The summed E-state index contributed by atoms with van der Waals surface area (Å²) in [7, 11) is 6.12. The minimum atomic E-state index is 0.480. The van der Waals surface area contributed by atoms with Gasteiger partial charge in [0, 0.05) is 51.2 Å². The van der Waals surface area contributed by atoms with Crippen molar-refractivity contribution in [3.8, 4) is 0 Å². The molecular formula is C21H27N5S. The summed E-state index contributed by atoms with van der Waals surface area (Å²) < 4.78 is 1.38. The summed E-state index contributed by atoms with van der Waals surface area (Å²) in [5.41, 5.74) is 1.45. The molecule has 1 aromatic carbocycles. The summed E-state index contributed by atoms with van der Waals surface area (Å²) >= 11 is 1.85. The first-order valence-corrected chi connectivity index (χ1v) is 10.4. The first-order chi connectivity index (χ1) is 13.1. The van der Waals surface area contributed by atoms with E-state index in [2.05, 4.69) is 51.5 Å². The summed E-state index contributed by atoms with van der Waals surface area (Å²) in [6.45, 7) is 3.27. The molecule has 0 bridgehead atoms. The third-order valence-corrected chi connectivity index (χ3v) is 6.39. The molecule has 142 valence electrons. The van der Waals surface area contributed by atoms with Crippen molar-refractivity contribution >= 4 is 33.2 Å². The fourth-order valence-electron chi connectivity index (χ4n) is 3.83. The summed E-state index contributed by atoms with van der Waals surface area (Å²) in [6, 6.07) is 11.2. The van der Waals surface area contributed by atoms with Gasteiger partial charge < -0.3 is 9.80 Å². The Hall–Kier alpha value is -2.18. The van der Waals surface area contributed by atoms with Gasteiger partial charge in [-0.05, 0) is 47.8 Å². The average molecular weight is 382 g/mol. The molecule has 1 fully saturated rings. The van der Waals surface area contributed by atoms with E-state index in [1.807, 2.05) is 42.6 Å². The van der Waals surface area contributed by atoms with E-state index in [1.165, 1.54) is 35.0 Å². The predicted molar refractivity (Wildman–Crippen MR) is 115 cm³/mol. The highest BCUT2D eigenvalue weighted by Crippen LogP contribution is 2.28. The van der Waals surface area contributed by atoms with Crippen molar-refractivity contribution in [2.24, 2.45) is 0 Å². The minimum Gasteiger partial charge on any atom is -0.355 e. The monoisotopic (exact) mass is 381 g/mol. The zero-order valence-electron chi connectivity index (χ0n) is 16.3. The maximum absolute atomic E-state index is 4.71. The van der Waals surface area contributed by atoms with Crippen molar-refractivity contribution in [2.75, 3.05) is 44.0 Å². The number of fused-ring (bicyclic) bond motifs is 1. The number of nitrogens with zero attached hydrogens (tertiary/aromatic N) is 5. The van der Waals surface area contributed by atoms with Gasteiger partial charge in [0.2, 0.25) is 5.95 Å². The van der Waals surface area contributed by atoms with Gasteiger partial charge in [0.15, 0.2) is 0 Å². The molecule has 6 heteroatoms. The van der Waals surface area contributed by atoms with E-state index in [0.29, 0.717) is 6.04 Å². The Balaban J connectivity index is 1.47. The Kier molecular flexibility index (Phi) is 5.27. The van der Waals surface area contributed by atoms with Crippen molar-refractivity contribution in [1.29, 1.82) is 0 Å². The number of hydrogen-bond donors (Lipinski definition) is 0. The normalized spacial score (nSPS) is 18.0. The molecule has 27 heavy (non-hydrogen) atoms. The van der Waals surface area contributed by atoms with Crippen molar-refractivity contribution < 1.29 is 0 Å². The summed E-state index contributed by atoms with van der Waals surface area (Å²) in [5.74, 6) is 1.76.